The maximum Gasteiger partial charge on any atom is 0.243 e. The molecule has 100 valence electrons. The van der Waals surface area contributed by atoms with E-state index in [9.17, 15) is 12.8 Å². The van der Waals surface area contributed by atoms with Gasteiger partial charge in [-0.05, 0) is 43.0 Å². The molecule has 6 heteroatoms. The lowest BCUT2D eigenvalue weighted by Crippen LogP contribution is -2.28. The first kappa shape index (κ1) is 13.8. The molecule has 0 saturated carbocycles. The zero-order valence-electron chi connectivity index (χ0n) is 9.85. The summed E-state index contributed by atoms with van der Waals surface area (Å²) in [5.41, 5.74) is 0. The minimum Gasteiger partial charge on any atom is -0.207 e. The normalized spacial score (nSPS) is 21.3. The van der Waals surface area contributed by atoms with E-state index < -0.39 is 15.8 Å². The van der Waals surface area contributed by atoms with Gasteiger partial charge in [-0.2, -0.15) is 4.31 Å². The highest BCUT2D eigenvalue weighted by Gasteiger charge is 2.31. The van der Waals surface area contributed by atoms with E-state index in [0.717, 1.165) is 12.8 Å². The summed E-state index contributed by atoms with van der Waals surface area (Å²) in [6.07, 6.45) is 1.67. The second-order valence-electron chi connectivity index (χ2n) is 4.45. The van der Waals surface area contributed by atoms with Crippen LogP contribution < -0.4 is 0 Å². The fourth-order valence-electron chi connectivity index (χ4n) is 2.16. The van der Waals surface area contributed by atoms with Crippen LogP contribution in [-0.4, -0.2) is 31.7 Å². The third-order valence-corrected chi connectivity index (χ3v) is 5.31. The lowest BCUT2D eigenvalue weighted by molar-refractivity contribution is 0.453. The summed E-state index contributed by atoms with van der Waals surface area (Å²) >= 11 is 5.67. The summed E-state index contributed by atoms with van der Waals surface area (Å²) in [5.74, 6) is 0.447. The second-order valence-corrected chi connectivity index (χ2v) is 6.77. The molecule has 2 rings (SSSR count). The monoisotopic (exact) mass is 291 g/mol. The molecular weight excluding hydrogens is 277 g/mol. The van der Waals surface area contributed by atoms with Crippen molar-refractivity contribution in [2.45, 2.75) is 17.7 Å². The molecule has 0 amide bonds. The minimum absolute atomic E-state index is 0.149. The van der Waals surface area contributed by atoms with Crippen LogP contribution in [-0.2, 0) is 10.0 Å². The maximum absolute atomic E-state index is 12.8. The highest BCUT2D eigenvalue weighted by molar-refractivity contribution is 7.89. The lowest BCUT2D eigenvalue weighted by atomic mass is 10.1. The van der Waals surface area contributed by atoms with Crippen molar-refractivity contribution in [2.24, 2.45) is 5.92 Å². The van der Waals surface area contributed by atoms with E-state index in [1.165, 1.54) is 28.6 Å². The average molecular weight is 292 g/mol. The summed E-state index contributed by atoms with van der Waals surface area (Å²) < 4.78 is 38.8. The van der Waals surface area contributed by atoms with E-state index in [0.29, 0.717) is 24.9 Å². The van der Waals surface area contributed by atoms with Crippen molar-refractivity contribution >= 4 is 21.6 Å². The summed E-state index contributed by atoms with van der Waals surface area (Å²) in [5, 5.41) is 0. The van der Waals surface area contributed by atoms with E-state index in [4.69, 9.17) is 11.6 Å². The Hall–Kier alpha value is -0.650. The van der Waals surface area contributed by atoms with Gasteiger partial charge in [-0.3, -0.25) is 0 Å². The molecule has 0 bridgehead atoms. The highest BCUT2D eigenvalue weighted by atomic mass is 35.5. The van der Waals surface area contributed by atoms with Gasteiger partial charge in [0.1, 0.15) is 5.82 Å². The Labute approximate surface area is 112 Å². The lowest BCUT2D eigenvalue weighted by Gasteiger charge is -2.16. The van der Waals surface area contributed by atoms with Crippen molar-refractivity contribution in [2.75, 3.05) is 19.0 Å². The minimum atomic E-state index is -3.48. The Balaban J connectivity index is 2.15. The van der Waals surface area contributed by atoms with Gasteiger partial charge >= 0.3 is 0 Å². The molecule has 1 heterocycles. The van der Waals surface area contributed by atoms with Gasteiger partial charge < -0.3 is 0 Å². The largest absolute Gasteiger partial charge is 0.243 e. The zero-order valence-corrected chi connectivity index (χ0v) is 11.4. The number of benzene rings is 1. The van der Waals surface area contributed by atoms with Gasteiger partial charge in [0.25, 0.3) is 0 Å². The Kier molecular flexibility index (Phi) is 4.25. The SMILES string of the molecule is O=S(=O)(c1ccc(F)cc1)N1CCC(CCCl)C1. The van der Waals surface area contributed by atoms with Gasteiger partial charge in [0.05, 0.1) is 4.90 Å². The van der Waals surface area contributed by atoms with E-state index >= 15 is 0 Å². The van der Waals surface area contributed by atoms with Crippen molar-refractivity contribution in [1.29, 1.82) is 0 Å². The topological polar surface area (TPSA) is 37.4 Å². The van der Waals surface area contributed by atoms with Gasteiger partial charge in [-0.1, -0.05) is 0 Å². The van der Waals surface area contributed by atoms with Crippen LogP contribution in [0, 0.1) is 11.7 Å². The molecule has 1 aliphatic rings. The van der Waals surface area contributed by atoms with E-state index in [2.05, 4.69) is 0 Å². The Morgan fingerprint density at radius 2 is 2.00 bits per heavy atom. The van der Waals surface area contributed by atoms with Crippen molar-refractivity contribution in [3.63, 3.8) is 0 Å². The van der Waals surface area contributed by atoms with Gasteiger partial charge in [0.2, 0.25) is 10.0 Å². The molecule has 0 aliphatic carbocycles. The van der Waals surface area contributed by atoms with Gasteiger partial charge in [0, 0.05) is 19.0 Å². The summed E-state index contributed by atoms with van der Waals surface area (Å²) in [4.78, 5) is 0.149. The van der Waals surface area contributed by atoms with Gasteiger partial charge in [-0.25, -0.2) is 12.8 Å². The number of sulfonamides is 1. The number of hydrogen-bond donors (Lipinski definition) is 0. The van der Waals surface area contributed by atoms with Crippen molar-refractivity contribution in [3.05, 3.63) is 30.1 Å². The van der Waals surface area contributed by atoms with Crippen LogP contribution in [0.5, 0.6) is 0 Å². The summed E-state index contributed by atoms with van der Waals surface area (Å²) in [6.45, 7) is 1.02. The van der Waals surface area contributed by atoms with Gasteiger partial charge in [-0.15, -0.1) is 11.6 Å². The van der Waals surface area contributed by atoms with Crippen molar-refractivity contribution in [3.8, 4) is 0 Å². The van der Waals surface area contributed by atoms with Crippen LogP contribution in [0.15, 0.2) is 29.2 Å². The molecule has 1 saturated heterocycles. The first-order chi connectivity index (χ1) is 8.54. The fraction of sp³-hybridized carbons (Fsp3) is 0.500. The third-order valence-electron chi connectivity index (χ3n) is 3.22. The quantitative estimate of drug-likeness (QED) is 0.799. The van der Waals surface area contributed by atoms with E-state index in [1.54, 1.807) is 0 Å². The molecule has 1 aliphatic heterocycles. The van der Waals surface area contributed by atoms with Crippen molar-refractivity contribution < 1.29 is 12.8 Å². The van der Waals surface area contributed by atoms with E-state index in [1.807, 2.05) is 0 Å². The zero-order chi connectivity index (χ0) is 13.2. The molecule has 0 spiro atoms. The van der Waals surface area contributed by atoms with Crippen LogP contribution in [0.3, 0.4) is 0 Å². The van der Waals surface area contributed by atoms with Crippen LogP contribution in [0.2, 0.25) is 0 Å². The molecule has 1 aromatic rings. The molecular formula is C12H15ClFNO2S. The molecule has 1 unspecified atom stereocenters. The molecule has 3 nitrogen and oxygen atoms in total. The Morgan fingerprint density at radius 3 is 2.61 bits per heavy atom. The highest BCUT2D eigenvalue weighted by Crippen LogP contribution is 2.26. The standard InChI is InChI=1S/C12H15ClFNO2S/c13-7-5-10-6-8-15(9-10)18(16,17)12-3-1-11(14)2-4-12/h1-4,10H,5-9H2. The fourth-order valence-corrected chi connectivity index (χ4v) is 4.00. The molecule has 0 N–H and O–H groups in total. The Bertz CT molecular complexity index is 503. The molecule has 1 atom stereocenters. The molecule has 1 aromatic carbocycles. The summed E-state index contributed by atoms with van der Waals surface area (Å²) in [7, 11) is -3.48. The molecule has 1 fully saturated rings. The number of rotatable bonds is 4. The van der Waals surface area contributed by atoms with Crippen LogP contribution in [0.25, 0.3) is 0 Å². The van der Waals surface area contributed by atoms with E-state index in [-0.39, 0.29) is 4.90 Å². The third kappa shape index (κ3) is 2.84. The molecule has 0 aromatic heterocycles. The maximum atomic E-state index is 12.8. The number of nitrogens with zero attached hydrogens (tertiary/aromatic N) is 1. The number of hydrogen-bond acceptors (Lipinski definition) is 2. The van der Waals surface area contributed by atoms with Crippen LogP contribution in [0.1, 0.15) is 12.8 Å². The van der Waals surface area contributed by atoms with Gasteiger partial charge in [0.15, 0.2) is 0 Å². The first-order valence-corrected chi connectivity index (χ1v) is 7.83. The van der Waals surface area contributed by atoms with Crippen LogP contribution in [0.4, 0.5) is 4.39 Å². The first-order valence-electron chi connectivity index (χ1n) is 5.85. The smallest absolute Gasteiger partial charge is 0.207 e. The molecule has 18 heavy (non-hydrogen) atoms. The summed E-state index contributed by atoms with van der Waals surface area (Å²) in [6, 6.07) is 4.94. The number of alkyl halides is 1. The second kappa shape index (κ2) is 5.55. The number of halogens is 2. The predicted octanol–water partition coefficient (Wildman–Crippen LogP) is 2.47. The van der Waals surface area contributed by atoms with Crippen molar-refractivity contribution in [1.82, 2.24) is 4.31 Å². The predicted molar refractivity (Wildman–Crippen MR) is 68.6 cm³/mol. The van der Waals surface area contributed by atoms with Crippen LogP contribution >= 0.6 is 11.6 Å². The average Bonchev–Trinajstić information content (AvgIpc) is 2.79. The Morgan fingerprint density at radius 1 is 1.33 bits per heavy atom. The molecule has 0 radical (unpaired) electrons.